The highest BCUT2D eigenvalue weighted by atomic mass is 32.1. The summed E-state index contributed by atoms with van der Waals surface area (Å²) in [5.41, 5.74) is 1.77. The molecule has 0 radical (unpaired) electrons. The van der Waals surface area contributed by atoms with Crippen molar-refractivity contribution in [1.82, 2.24) is 15.2 Å². The Morgan fingerprint density at radius 2 is 2.04 bits per heavy atom. The van der Waals surface area contributed by atoms with Gasteiger partial charge in [-0.15, -0.1) is 10.2 Å². The fourth-order valence-corrected chi connectivity index (χ4v) is 3.35. The van der Waals surface area contributed by atoms with Crippen LogP contribution in [0.3, 0.4) is 0 Å². The number of rotatable bonds is 5. The van der Waals surface area contributed by atoms with E-state index in [4.69, 9.17) is 0 Å². The van der Waals surface area contributed by atoms with Crippen LogP contribution in [-0.2, 0) is 17.6 Å². The minimum Gasteiger partial charge on any atom is -0.300 e. The molecule has 5 nitrogen and oxygen atoms in total. The minimum absolute atomic E-state index is 0.101. The molecule has 0 bridgehead atoms. The monoisotopic (exact) mass is 326 g/mol. The summed E-state index contributed by atoms with van der Waals surface area (Å²) < 4.78 is 0. The summed E-state index contributed by atoms with van der Waals surface area (Å²) >= 11 is 1.43. The number of benzene rings is 1. The number of aromatic nitrogens is 3. The Kier molecular flexibility index (Phi) is 4.62. The Bertz CT molecular complexity index is 823. The maximum atomic E-state index is 12.3. The topological polar surface area (TPSA) is 67.8 Å². The number of nitrogens with one attached hydrogen (secondary N) is 1. The van der Waals surface area contributed by atoms with Gasteiger partial charge in [0.1, 0.15) is 5.01 Å². The van der Waals surface area contributed by atoms with Crippen molar-refractivity contribution in [3.63, 3.8) is 0 Å². The SMILES string of the molecule is CC(C)Cc1nnc(NC(=O)Cc2cccc3cccnc23)s1. The highest BCUT2D eigenvalue weighted by Gasteiger charge is 2.11. The van der Waals surface area contributed by atoms with Gasteiger partial charge in [-0.1, -0.05) is 49.4 Å². The van der Waals surface area contributed by atoms with Gasteiger partial charge in [0.2, 0.25) is 11.0 Å². The third kappa shape index (κ3) is 3.90. The lowest BCUT2D eigenvalue weighted by Gasteiger charge is -2.05. The van der Waals surface area contributed by atoms with Crippen molar-refractivity contribution in [2.24, 2.45) is 5.92 Å². The van der Waals surface area contributed by atoms with Crippen molar-refractivity contribution in [3.8, 4) is 0 Å². The summed E-state index contributed by atoms with van der Waals surface area (Å²) in [6.45, 7) is 4.26. The van der Waals surface area contributed by atoms with Gasteiger partial charge in [-0.05, 0) is 17.5 Å². The van der Waals surface area contributed by atoms with E-state index in [1.54, 1.807) is 6.20 Å². The second-order valence-corrected chi connectivity index (χ2v) is 6.88. The molecule has 1 N–H and O–H groups in total. The zero-order chi connectivity index (χ0) is 16.2. The van der Waals surface area contributed by atoms with E-state index in [1.807, 2.05) is 30.3 Å². The molecule has 2 aromatic heterocycles. The molecule has 6 heteroatoms. The van der Waals surface area contributed by atoms with Gasteiger partial charge in [-0.3, -0.25) is 9.78 Å². The Balaban J connectivity index is 1.70. The fourth-order valence-electron chi connectivity index (χ4n) is 2.38. The molecule has 0 aliphatic carbocycles. The minimum atomic E-state index is -0.101. The van der Waals surface area contributed by atoms with Gasteiger partial charge in [0.15, 0.2) is 0 Å². The van der Waals surface area contributed by atoms with Crippen molar-refractivity contribution < 1.29 is 4.79 Å². The zero-order valence-corrected chi connectivity index (χ0v) is 13.9. The van der Waals surface area contributed by atoms with Gasteiger partial charge in [-0.2, -0.15) is 0 Å². The van der Waals surface area contributed by atoms with Crippen molar-refractivity contribution in [3.05, 3.63) is 47.1 Å². The number of nitrogens with zero attached hydrogens (tertiary/aromatic N) is 3. The van der Waals surface area contributed by atoms with Crippen LogP contribution >= 0.6 is 11.3 Å². The smallest absolute Gasteiger partial charge is 0.230 e. The first-order chi connectivity index (χ1) is 11.1. The summed E-state index contributed by atoms with van der Waals surface area (Å²) in [6, 6.07) is 9.75. The highest BCUT2D eigenvalue weighted by molar-refractivity contribution is 7.15. The molecule has 0 aliphatic rings. The molecule has 0 aliphatic heterocycles. The number of hydrogen-bond donors (Lipinski definition) is 1. The molecule has 3 aromatic rings. The number of para-hydroxylation sites is 1. The lowest BCUT2D eigenvalue weighted by Crippen LogP contribution is -2.14. The third-order valence-corrected chi connectivity index (χ3v) is 4.22. The molecule has 2 heterocycles. The van der Waals surface area contributed by atoms with E-state index in [9.17, 15) is 4.79 Å². The van der Waals surface area contributed by atoms with Crippen LogP contribution in [0.2, 0.25) is 0 Å². The molecule has 0 atom stereocenters. The third-order valence-electron chi connectivity index (χ3n) is 3.36. The lowest BCUT2D eigenvalue weighted by atomic mass is 10.1. The van der Waals surface area contributed by atoms with Crippen molar-refractivity contribution in [2.75, 3.05) is 5.32 Å². The van der Waals surface area contributed by atoms with Crippen molar-refractivity contribution in [1.29, 1.82) is 0 Å². The summed E-state index contributed by atoms with van der Waals surface area (Å²) in [6.07, 6.45) is 2.89. The molecule has 3 rings (SSSR count). The second-order valence-electron chi connectivity index (χ2n) is 5.82. The highest BCUT2D eigenvalue weighted by Crippen LogP contribution is 2.20. The van der Waals surface area contributed by atoms with Gasteiger partial charge in [0.05, 0.1) is 11.9 Å². The number of fused-ring (bicyclic) bond motifs is 1. The number of hydrogen-bond acceptors (Lipinski definition) is 5. The largest absolute Gasteiger partial charge is 0.300 e. The van der Waals surface area contributed by atoms with E-state index >= 15 is 0 Å². The summed E-state index contributed by atoms with van der Waals surface area (Å²) in [5.74, 6) is 0.420. The van der Waals surface area contributed by atoms with Crippen LogP contribution < -0.4 is 5.32 Å². The van der Waals surface area contributed by atoms with Crippen LogP contribution in [0.25, 0.3) is 10.9 Å². The molecule has 0 saturated carbocycles. The number of anilines is 1. The van der Waals surface area contributed by atoms with Gasteiger partial charge in [-0.25, -0.2) is 0 Å². The van der Waals surface area contributed by atoms with E-state index in [0.29, 0.717) is 11.0 Å². The zero-order valence-electron chi connectivity index (χ0n) is 13.1. The van der Waals surface area contributed by atoms with E-state index in [2.05, 4.69) is 34.3 Å². The number of carbonyl (C=O) groups is 1. The van der Waals surface area contributed by atoms with E-state index < -0.39 is 0 Å². The molecule has 0 unspecified atom stereocenters. The van der Waals surface area contributed by atoms with Crippen molar-refractivity contribution >= 4 is 33.3 Å². The molecule has 23 heavy (non-hydrogen) atoms. The summed E-state index contributed by atoms with van der Waals surface area (Å²) in [4.78, 5) is 16.6. The first-order valence-corrected chi connectivity index (χ1v) is 8.38. The van der Waals surface area contributed by atoms with E-state index in [-0.39, 0.29) is 12.3 Å². The molecule has 0 spiro atoms. The predicted molar refractivity (Wildman–Crippen MR) is 92.5 cm³/mol. The molecule has 1 aromatic carbocycles. The van der Waals surface area contributed by atoms with Gasteiger partial charge in [0.25, 0.3) is 0 Å². The molecule has 118 valence electrons. The standard InChI is InChI=1S/C17H18N4OS/c1-11(2)9-15-20-21-17(23-15)19-14(22)10-13-6-3-5-12-7-4-8-18-16(12)13/h3-8,11H,9-10H2,1-2H3,(H,19,21,22). The average Bonchev–Trinajstić information content (AvgIpc) is 2.93. The van der Waals surface area contributed by atoms with Gasteiger partial charge < -0.3 is 5.32 Å². The molecular weight excluding hydrogens is 308 g/mol. The van der Waals surface area contributed by atoms with E-state index in [0.717, 1.165) is 27.9 Å². The molecule has 0 fully saturated rings. The number of amides is 1. The normalized spacial score (nSPS) is 11.1. The Hall–Kier alpha value is -2.34. The summed E-state index contributed by atoms with van der Waals surface area (Å²) in [7, 11) is 0. The van der Waals surface area contributed by atoms with Gasteiger partial charge in [0, 0.05) is 18.0 Å². The maximum Gasteiger partial charge on any atom is 0.230 e. The molecule has 1 amide bonds. The average molecular weight is 326 g/mol. The first kappa shape index (κ1) is 15.6. The quantitative estimate of drug-likeness (QED) is 0.779. The van der Waals surface area contributed by atoms with Crippen LogP contribution in [0.4, 0.5) is 5.13 Å². The predicted octanol–water partition coefficient (Wildman–Crippen LogP) is 3.47. The van der Waals surface area contributed by atoms with Crippen LogP contribution in [0, 0.1) is 5.92 Å². The molecule has 0 saturated heterocycles. The van der Waals surface area contributed by atoms with Crippen LogP contribution in [0.15, 0.2) is 36.5 Å². The Morgan fingerprint density at radius 3 is 2.87 bits per heavy atom. The Morgan fingerprint density at radius 1 is 1.22 bits per heavy atom. The lowest BCUT2D eigenvalue weighted by molar-refractivity contribution is -0.115. The second kappa shape index (κ2) is 6.83. The van der Waals surface area contributed by atoms with Crippen LogP contribution in [0.1, 0.15) is 24.4 Å². The molecular formula is C17H18N4OS. The fraction of sp³-hybridized carbons (Fsp3) is 0.294. The van der Waals surface area contributed by atoms with Crippen LogP contribution in [-0.4, -0.2) is 21.1 Å². The van der Waals surface area contributed by atoms with Crippen LogP contribution in [0.5, 0.6) is 0 Å². The first-order valence-electron chi connectivity index (χ1n) is 7.56. The number of carbonyl (C=O) groups excluding carboxylic acids is 1. The Labute approximate surface area is 138 Å². The summed E-state index contributed by atoms with van der Waals surface area (Å²) in [5, 5.41) is 13.5. The van der Waals surface area contributed by atoms with E-state index in [1.165, 1.54) is 11.3 Å². The number of pyridine rings is 1. The van der Waals surface area contributed by atoms with Gasteiger partial charge >= 0.3 is 0 Å². The maximum absolute atomic E-state index is 12.3. The van der Waals surface area contributed by atoms with Crippen molar-refractivity contribution in [2.45, 2.75) is 26.7 Å².